The zero-order valence-electron chi connectivity index (χ0n) is 16.6. The number of ether oxygens (including phenoxy) is 2. The van der Waals surface area contributed by atoms with Crippen molar-refractivity contribution in [3.05, 3.63) is 44.1 Å². The molecule has 0 aromatic carbocycles. The number of thiophene rings is 2. The molecule has 1 amide bonds. The Bertz CT molecular complexity index is 1160. The molecule has 3 aromatic rings. The number of hydrogen-bond donors (Lipinski definition) is 1. The molecule has 0 aliphatic carbocycles. The third-order valence-electron chi connectivity index (χ3n) is 4.94. The Morgan fingerprint density at radius 1 is 1.43 bits per heavy atom. The second kappa shape index (κ2) is 8.66. The van der Waals surface area contributed by atoms with E-state index in [9.17, 15) is 14.4 Å². The summed E-state index contributed by atoms with van der Waals surface area (Å²) in [6.45, 7) is 4.89. The Morgan fingerprint density at radius 2 is 2.27 bits per heavy atom. The maximum Gasteiger partial charge on any atom is 0.341 e. The fourth-order valence-electron chi connectivity index (χ4n) is 3.45. The molecule has 4 heterocycles. The SMILES string of the molecule is CCOC(=O)c1ccsc1NC(=O)c1sc2ncn(C[C@@H]3CCCO3)c(=O)c2c1C. The van der Waals surface area contributed by atoms with E-state index in [1.165, 1.54) is 17.7 Å². The molecule has 3 aromatic heterocycles. The Hall–Kier alpha value is -2.56. The zero-order valence-corrected chi connectivity index (χ0v) is 18.2. The van der Waals surface area contributed by atoms with Crippen LogP contribution < -0.4 is 10.9 Å². The van der Waals surface area contributed by atoms with Crippen LogP contribution in [-0.4, -0.2) is 40.7 Å². The number of nitrogens with zero attached hydrogens (tertiary/aromatic N) is 2. The largest absolute Gasteiger partial charge is 0.462 e. The smallest absolute Gasteiger partial charge is 0.341 e. The number of anilines is 1. The van der Waals surface area contributed by atoms with Gasteiger partial charge in [-0.3, -0.25) is 14.2 Å². The maximum atomic E-state index is 13.0. The average molecular weight is 448 g/mol. The van der Waals surface area contributed by atoms with Gasteiger partial charge >= 0.3 is 5.97 Å². The minimum atomic E-state index is -0.485. The summed E-state index contributed by atoms with van der Waals surface area (Å²) in [6.07, 6.45) is 3.45. The Labute approximate surface area is 180 Å². The van der Waals surface area contributed by atoms with Gasteiger partial charge in [0.05, 0.1) is 41.4 Å². The van der Waals surface area contributed by atoms with Crippen molar-refractivity contribution in [2.75, 3.05) is 18.5 Å². The van der Waals surface area contributed by atoms with Gasteiger partial charge in [-0.2, -0.15) is 0 Å². The van der Waals surface area contributed by atoms with Crippen molar-refractivity contribution in [3.63, 3.8) is 0 Å². The highest BCUT2D eigenvalue weighted by Crippen LogP contribution is 2.30. The number of hydrogen-bond acceptors (Lipinski definition) is 8. The topological polar surface area (TPSA) is 99.5 Å². The van der Waals surface area contributed by atoms with Gasteiger partial charge < -0.3 is 14.8 Å². The molecular weight excluding hydrogens is 426 g/mol. The van der Waals surface area contributed by atoms with E-state index in [1.54, 1.807) is 29.9 Å². The van der Waals surface area contributed by atoms with E-state index < -0.39 is 5.97 Å². The fraction of sp³-hybridized carbons (Fsp3) is 0.400. The minimum absolute atomic E-state index is 0.0174. The van der Waals surface area contributed by atoms with E-state index >= 15 is 0 Å². The van der Waals surface area contributed by atoms with E-state index in [2.05, 4.69) is 10.3 Å². The zero-order chi connectivity index (χ0) is 21.3. The lowest BCUT2D eigenvalue weighted by atomic mass is 10.2. The lowest BCUT2D eigenvalue weighted by Gasteiger charge is -2.11. The number of rotatable bonds is 6. The van der Waals surface area contributed by atoms with E-state index in [1.807, 2.05) is 0 Å². The molecule has 4 rings (SSSR count). The van der Waals surface area contributed by atoms with E-state index in [0.717, 1.165) is 24.2 Å². The predicted molar refractivity (Wildman–Crippen MR) is 116 cm³/mol. The molecule has 0 radical (unpaired) electrons. The van der Waals surface area contributed by atoms with Gasteiger partial charge in [0.15, 0.2) is 0 Å². The van der Waals surface area contributed by atoms with Crippen LogP contribution in [0.15, 0.2) is 22.6 Å². The monoisotopic (exact) mass is 447 g/mol. The first kappa shape index (κ1) is 20.7. The summed E-state index contributed by atoms with van der Waals surface area (Å²) in [5.74, 6) is -0.866. The van der Waals surface area contributed by atoms with Crippen molar-refractivity contribution in [2.45, 2.75) is 39.3 Å². The quantitative estimate of drug-likeness (QED) is 0.581. The molecule has 158 valence electrons. The van der Waals surface area contributed by atoms with Gasteiger partial charge in [-0.1, -0.05) is 0 Å². The molecule has 0 saturated carbocycles. The van der Waals surface area contributed by atoms with Crippen LogP contribution in [0.3, 0.4) is 0 Å². The van der Waals surface area contributed by atoms with Gasteiger partial charge in [-0.25, -0.2) is 9.78 Å². The standard InChI is InChI=1S/C20H21N3O5S2/c1-3-27-20(26)13-6-8-29-17(13)22-16(24)15-11(2)14-18(30-15)21-10-23(19(14)25)9-12-5-4-7-28-12/h6,8,10,12H,3-5,7,9H2,1-2H3,(H,22,24)/t12-/m0/s1. The molecule has 1 saturated heterocycles. The Kier molecular flexibility index (Phi) is 5.98. The molecule has 1 fully saturated rings. The number of carbonyl (C=O) groups excluding carboxylic acids is 2. The van der Waals surface area contributed by atoms with Crippen molar-refractivity contribution in [3.8, 4) is 0 Å². The Morgan fingerprint density at radius 3 is 3.00 bits per heavy atom. The van der Waals surface area contributed by atoms with Gasteiger partial charge in [0.1, 0.15) is 9.83 Å². The van der Waals surface area contributed by atoms with Crippen molar-refractivity contribution in [1.29, 1.82) is 0 Å². The molecule has 10 heteroatoms. The summed E-state index contributed by atoms with van der Waals surface area (Å²) in [5.41, 5.74) is 0.721. The molecule has 0 unspecified atom stereocenters. The first-order chi connectivity index (χ1) is 14.5. The van der Waals surface area contributed by atoms with Crippen molar-refractivity contribution in [1.82, 2.24) is 9.55 Å². The normalized spacial score (nSPS) is 16.1. The summed E-state index contributed by atoms with van der Waals surface area (Å²) >= 11 is 2.40. The number of fused-ring (bicyclic) bond motifs is 1. The number of aryl methyl sites for hydroxylation is 1. The number of amides is 1. The fourth-order valence-corrected chi connectivity index (χ4v) is 5.25. The summed E-state index contributed by atoms with van der Waals surface area (Å²) in [5, 5.41) is 5.35. The van der Waals surface area contributed by atoms with Crippen LogP contribution in [-0.2, 0) is 16.0 Å². The molecule has 1 aliphatic heterocycles. The molecule has 1 N–H and O–H groups in total. The van der Waals surface area contributed by atoms with Gasteiger partial charge in [0.2, 0.25) is 0 Å². The summed E-state index contributed by atoms with van der Waals surface area (Å²) in [7, 11) is 0. The van der Waals surface area contributed by atoms with Crippen LogP contribution in [0.1, 0.15) is 45.4 Å². The highest BCUT2D eigenvalue weighted by Gasteiger charge is 2.23. The highest BCUT2D eigenvalue weighted by molar-refractivity contribution is 7.21. The maximum absolute atomic E-state index is 13.0. The molecular formula is C20H21N3O5S2. The van der Waals surface area contributed by atoms with Crippen LogP contribution in [0, 0.1) is 6.92 Å². The van der Waals surface area contributed by atoms with Gasteiger partial charge in [0, 0.05) is 6.61 Å². The van der Waals surface area contributed by atoms with Crippen molar-refractivity contribution in [2.24, 2.45) is 0 Å². The van der Waals surface area contributed by atoms with Crippen LogP contribution in [0.2, 0.25) is 0 Å². The summed E-state index contributed by atoms with van der Waals surface area (Å²) in [6, 6.07) is 1.61. The Balaban J connectivity index is 1.62. The third-order valence-corrected chi connectivity index (χ3v) is 6.96. The van der Waals surface area contributed by atoms with E-state index in [-0.39, 0.29) is 24.2 Å². The first-order valence-corrected chi connectivity index (χ1v) is 11.3. The van der Waals surface area contributed by atoms with Crippen LogP contribution in [0.5, 0.6) is 0 Å². The van der Waals surface area contributed by atoms with E-state index in [0.29, 0.717) is 44.4 Å². The predicted octanol–water partition coefficient (Wildman–Crippen LogP) is 3.44. The molecule has 0 spiro atoms. The van der Waals surface area contributed by atoms with Crippen molar-refractivity contribution >= 4 is 49.8 Å². The lowest BCUT2D eigenvalue weighted by Crippen LogP contribution is -2.26. The van der Waals surface area contributed by atoms with Crippen LogP contribution >= 0.6 is 22.7 Å². The molecule has 1 atom stereocenters. The van der Waals surface area contributed by atoms with Crippen molar-refractivity contribution < 1.29 is 19.1 Å². The summed E-state index contributed by atoms with van der Waals surface area (Å²) < 4.78 is 12.2. The molecule has 0 bridgehead atoms. The van der Waals surface area contributed by atoms with Gasteiger partial charge in [-0.05, 0) is 43.7 Å². The van der Waals surface area contributed by atoms with Crippen LogP contribution in [0.25, 0.3) is 10.2 Å². The molecule has 1 aliphatic rings. The molecule has 8 nitrogen and oxygen atoms in total. The number of aromatic nitrogens is 2. The third kappa shape index (κ3) is 3.90. The minimum Gasteiger partial charge on any atom is -0.462 e. The number of carbonyl (C=O) groups is 2. The number of nitrogens with one attached hydrogen (secondary N) is 1. The second-order valence-corrected chi connectivity index (χ2v) is 8.83. The van der Waals surface area contributed by atoms with E-state index in [4.69, 9.17) is 9.47 Å². The van der Waals surface area contributed by atoms with Gasteiger partial charge in [-0.15, -0.1) is 22.7 Å². The highest BCUT2D eigenvalue weighted by atomic mass is 32.1. The average Bonchev–Trinajstić information content (AvgIpc) is 3.45. The summed E-state index contributed by atoms with van der Waals surface area (Å²) in [4.78, 5) is 43.2. The lowest BCUT2D eigenvalue weighted by molar-refractivity contribution is 0.0528. The van der Waals surface area contributed by atoms with Gasteiger partial charge in [0.25, 0.3) is 11.5 Å². The number of esters is 1. The first-order valence-electron chi connectivity index (χ1n) is 9.65. The second-order valence-electron chi connectivity index (χ2n) is 6.91. The van der Waals surface area contributed by atoms with Crippen LogP contribution in [0.4, 0.5) is 5.00 Å². The molecule has 30 heavy (non-hydrogen) atoms.